The van der Waals surface area contributed by atoms with E-state index in [1.165, 1.54) is 0 Å². The van der Waals surface area contributed by atoms with Crippen LogP contribution >= 0.6 is 0 Å². The summed E-state index contributed by atoms with van der Waals surface area (Å²) in [5.41, 5.74) is 4.99. The van der Waals surface area contributed by atoms with Gasteiger partial charge in [0.15, 0.2) is 6.54 Å². The van der Waals surface area contributed by atoms with Crippen molar-refractivity contribution in [2.75, 3.05) is 19.0 Å². The third-order valence-electron chi connectivity index (χ3n) is 3.29. The molecule has 0 aliphatic carbocycles. The Morgan fingerprint density at radius 2 is 1.89 bits per heavy atom. The lowest BCUT2D eigenvalue weighted by atomic mass is 10.2. The topological polar surface area (TPSA) is 49.0 Å². The Morgan fingerprint density at radius 1 is 1.11 bits per heavy atom. The second kappa shape index (κ2) is 4.82. The molecule has 2 aromatic carbocycles. The highest BCUT2D eigenvalue weighted by Gasteiger charge is 2.15. The number of nitrogens with one attached hydrogen (secondary N) is 1. The van der Waals surface area contributed by atoms with Crippen LogP contribution in [0.25, 0.3) is 22.1 Å². The predicted octanol–water partition coefficient (Wildman–Crippen LogP) is 1.71. The third-order valence-corrected chi connectivity index (χ3v) is 3.29. The highest BCUT2D eigenvalue weighted by Crippen LogP contribution is 2.18. The van der Waals surface area contributed by atoms with Gasteiger partial charge in [-0.3, -0.25) is 0 Å². The molecular formula is C15H16N3O+. The minimum atomic E-state index is 0.109. The Bertz CT molecular complexity index is 740. The number of aliphatic hydroxyl groups is 1. The lowest BCUT2D eigenvalue weighted by molar-refractivity contribution is -0.647. The van der Waals surface area contributed by atoms with Gasteiger partial charge in [-0.2, -0.15) is 4.57 Å². The molecule has 4 nitrogen and oxygen atoms in total. The zero-order valence-corrected chi connectivity index (χ0v) is 10.8. The van der Waals surface area contributed by atoms with Crippen molar-refractivity contribution in [2.45, 2.75) is 6.54 Å². The lowest BCUT2D eigenvalue weighted by Gasteiger charge is -2.06. The number of anilines is 1. The number of nitrogens with zero attached hydrogens (tertiary/aromatic N) is 2. The minimum absolute atomic E-state index is 0.109. The van der Waals surface area contributed by atoms with E-state index in [0.717, 1.165) is 27.8 Å². The molecule has 0 spiro atoms. The number of aromatic nitrogens is 2. The molecule has 0 fully saturated rings. The Morgan fingerprint density at radius 3 is 2.68 bits per heavy atom. The van der Waals surface area contributed by atoms with Crippen LogP contribution < -0.4 is 9.88 Å². The molecule has 1 heterocycles. The molecule has 96 valence electrons. The molecule has 0 amide bonds. The number of rotatable bonds is 3. The summed E-state index contributed by atoms with van der Waals surface area (Å²) in [6.45, 7) is 0.671. The van der Waals surface area contributed by atoms with Gasteiger partial charge in [-0.1, -0.05) is 12.1 Å². The molecule has 0 bridgehead atoms. The van der Waals surface area contributed by atoms with E-state index in [0.29, 0.717) is 6.54 Å². The Balaban J connectivity index is 2.41. The Labute approximate surface area is 111 Å². The summed E-state index contributed by atoms with van der Waals surface area (Å²) in [5.74, 6) is 0. The molecular weight excluding hydrogens is 238 g/mol. The standard InChI is InChI=1S/C15H15N3O/c1-16-11-6-7-13-15(10-11)18(8-9-19)14-5-3-2-4-12(14)17-13/h2-7,10,19H,8-9H2,1H3/p+1. The summed E-state index contributed by atoms with van der Waals surface area (Å²) < 4.78 is 2.11. The van der Waals surface area contributed by atoms with Crippen molar-refractivity contribution in [1.82, 2.24) is 4.98 Å². The minimum Gasteiger partial charge on any atom is -0.390 e. The van der Waals surface area contributed by atoms with Crippen LogP contribution in [0.2, 0.25) is 0 Å². The van der Waals surface area contributed by atoms with E-state index in [2.05, 4.69) is 20.9 Å². The SMILES string of the molecule is CNc1ccc2nc3ccccc3[n+](CCO)c2c1. The highest BCUT2D eigenvalue weighted by atomic mass is 16.3. The van der Waals surface area contributed by atoms with Crippen LogP contribution in [0.3, 0.4) is 0 Å². The number of benzene rings is 2. The second-order valence-corrected chi connectivity index (χ2v) is 4.43. The zero-order chi connectivity index (χ0) is 13.2. The summed E-state index contributed by atoms with van der Waals surface area (Å²) >= 11 is 0. The molecule has 0 radical (unpaired) electrons. The quantitative estimate of drug-likeness (QED) is 0.552. The van der Waals surface area contributed by atoms with Crippen molar-refractivity contribution >= 4 is 27.8 Å². The van der Waals surface area contributed by atoms with Gasteiger partial charge in [0.1, 0.15) is 17.6 Å². The van der Waals surface area contributed by atoms with Crippen molar-refractivity contribution in [3.05, 3.63) is 42.5 Å². The summed E-state index contributed by atoms with van der Waals surface area (Å²) in [6, 6.07) is 14.1. The highest BCUT2D eigenvalue weighted by molar-refractivity contribution is 5.83. The molecule has 0 atom stereocenters. The maximum absolute atomic E-state index is 9.31. The fourth-order valence-corrected chi connectivity index (χ4v) is 2.38. The van der Waals surface area contributed by atoms with Crippen LogP contribution in [-0.2, 0) is 6.54 Å². The average molecular weight is 254 g/mol. The molecule has 3 aromatic rings. The van der Waals surface area contributed by atoms with Crippen LogP contribution in [-0.4, -0.2) is 23.7 Å². The van der Waals surface area contributed by atoms with Gasteiger partial charge in [0.25, 0.3) is 0 Å². The van der Waals surface area contributed by atoms with Crippen molar-refractivity contribution in [2.24, 2.45) is 0 Å². The summed E-state index contributed by atoms with van der Waals surface area (Å²) in [6.07, 6.45) is 0. The molecule has 2 N–H and O–H groups in total. The van der Waals surface area contributed by atoms with Crippen LogP contribution in [0.15, 0.2) is 42.5 Å². The molecule has 4 heteroatoms. The number of fused-ring (bicyclic) bond motifs is 2. The second-order valence-electron chi connectivity index (χ2n) is 4.43. The predicted molar refractivity (Wildman–Crippen MR) is 76.1 cm³/mol. The molecule has 19 heavy (non-hydrogen) atoms. The maximum atomic E-state index is 9.31. The Kier molecular flexibility index (Phi) is 3.01. The van der Waals surface area contributed by atoms with Crippen LogP contribution in [0, 0.1) is 0 Å². The van der Waals surface area contributed by atoms with E-state index < -0.39 is 0 Å². The van der Waals surface area contributed by atoms with Crippen LogP contribution in [0.5, 0.6) is 0 Å². The normalized spacial score (nSPS) is 11.1. The molecule has 3 rings (SSSR count). The fourth-order valence-electron chi connectivity index (χ4n) is 2.38. The Hall–Kier alpha value is -2.20. The van der Waals surface area contributed by atoms with Crippen molar-refractivity contribution < 1.29 is 9.67 Å². The summed E-state index contributed by atoms with van der Waals surface area (Å²) in [4.78, 5) is 4.67. The first-order valence-electron chi connectivity index (χ1n) is 6.34. The van der Waals surface area contributed by atoms with Gasteiger partial charge < -0.3 is 10.4 Å². The molecule has 1 aromatic heterocycles. The van der Waals surface area contributed by atoms with Crippen molar-refractivity contribution in [1.29, 1.82) is 0 Å². The van der Waals surface area contributed by atoms with Gasteiger partial charge >= 0.3 is 0 Å². The van der Waals surface area contributed by atoms with E-state index in [4.69, 9.17) is 0 Å². The molecule has 0 unspecified atom stereocenters. The van der Waals surface area contributed by atoms with Crippen molar-refractivity contribution in [3.8, 4) is 0 Å². The van der Waals surface area contributed by atoms with E-state index in [1.54, 1.807) is 0 Å². The third kappa shape index (κ3) is 2.00. The van der Waals surface area contributed by atoms with E-state index in [1.807, 2.05) is 43.4 Å². The van der Waals surface area contributed by atoms with Gasteiger partial charge in [-0.05, 0) is 18.2 Å². The largest absolute Gasteiger partial charge is 0.390 e. The first-order valence-corrected chi connectivity index (χ1v) is 6.34. The molecule has 0 saturated carbocycles. The number of hydrogen-bond acceptors (Lipinski definition) is 3. The van der Waals surface area contributed by atoms with Gasteiger partial charge in [0.05, 0.1) is 0 Å². The van der Waals surface area contributed by atoms with Crippen LogP contribution in [0.4, 0.5) is 5.69 Å². The molecule has 0 aliphatic heterocycles. The first-order chi connectivity index (χ1) is 9.33. The molecule has 0 saturated heterocycles. The number of para-hydroxylation sites is 2. The first kappa shape index (κ1) is 11.9. The van der Waals surface area contributed by atoms with E-state index >= 15 is 0 Å². The van der Waals surface area contributed by atoms with Gasteiger partial charge in [0.2, 0.25) is 11.0 Å². The lowest BCUT2D eigenvalue weighted by Crippen LogP contribution is -2.37. The smallest absolute Gasteiger partial charge is 0.233 e. The summed E-state index contributed by atoms with van der Waals surface area (Å²) in [7, 11) is 1.89. The zero-order valence-electron chi connectivity index (χ0n) is 10.8. The van der Waals surface area contributed by atoms with E-state index in [9.17, 15) is 5.11 Å². The van der Waals surface area contributed by atoms with Gasteiger partial charge in [-0.15, -0.1) is 0 Å². The average Bonchev–Trinajstić information content (AvgIpc) is 2.47. The molecule has 0 aliphatic rings. The maximum Gasteiger partial charge on any atom is 0.233 e. The number of hydrogen-bond donors (Lipinski definition) is 2. The van der Waals surface area contributed by atoms with E-state index in [-0.39, 0.29) is 6.61 Å². The number of aliphatic hydroxyl groups excluding tert-OH is 1. The summed E-state index contributed by atoms with van der Waals surface area (Å²) in [5, 5.41) is 12.4. The van der Waals surface area contributed by atoms with Gasteiger partial charge in [-0.25, -0.2) is 4.98 Å². The fraction of sp³-hybridized carbons (Fsp3) is 0.200. The monoisotopic (exact) mass is 254 g/mol. The van der Waals surface area contributed by atoms with Crippen LogP contribution in [0.1, 0.15) is 0 Å². The van der Waals surface area contributed by atoms with Gasteiger partial charge in [0, 0.05) is 24.9 Å². The van der Waals surface area contributed by atoms with Crippen molar-refractivity contribution in [3.63, 3.8) is 0 Å².